The van der Waals surface area contributed by atoms with E-state index < -0.39 is 0 Å². The van der Waals surface area contributed by atoms with E-state index in [1.54, 1.807) is 19.4 Å². The third-order valence-corrected chi connectivity index (χ3v) is 3.42. The second-order valence-corrected chi connectivity index (χ2v) is 4.82. The first-order valence-electron chi connectivity index (χ1n) is 5.78. The fourth-order valence-electron chi connectivity index (χ4n) is 1.97. The summed E-state index contributed by atoms with van der Waals surface area (Å²) in [5, 5.41) is 4.40. The van der Waals surface area contributed by atoms with Crippen molar-refractivity contribution in [3.8, 4) is 5.75 Å². The van der Waals surface area contributed by atoms with Gasteiger partial charge in [-0.15, -0.1) is 0 Å². The van der Waals surface area contributed by atoms with Crippen molar-refractivity contribution in [2.75, 3.05) is 14.2 Å². The zero-order valence-electron chi connectivity index (χ0n) is 10.7. The van der Waals surface area contributed by atoms with Crippen LogP contribution in [0.4, 0.5) is 0 Å². The second-order valence-electron chi connectivity index (χ2n) is 3.98. The first-order valence-corrected chi connectivity index (χ1v) is 6.54. The van der Waals surface area contributed by atoms with Gasteiger partial charge in [-0.3, -0.25) is 4.98 Å². The third kappa shape index (κ3) is 3.00. The molecule has 0 aliphatic rings. The van der Waals surface area contributed by atoms with Gasteiger partial charge in [0.1, 0.15) is 11.4 Å². The minimum atomic E-state index is -0.152. The molecule has 1 heterocycles. The lowest BCUT2D eigenvalue weighted by Gasteiger charge is -2.19. The molecule has 100 valence electrons. The van der Waals surface area contributed by atoms with Crippen molar-refractivity contribution in [1.82, 2.24) is 10.3 Å². The van der Waals surface area contributed by atoms with Crippen molar-refractivity contribution in [2.24, 2.45) is 0 Å². The Morgan fingerprint density at radius 2 is 2.05 bits per heavy atom. The molecular weight excluding hydrogens is 283 g/mol. The van der Waals surface area contributed by atoms with Crippen LogP contribution in [0.15, 0.2) is 36.5 Å². The van der Waals surface area contributed by atoms with Crippen LogP contribution in [0.3, 0.4) is 0 Å². The minimum Gasteiger partial charge on any atom is -0.495 e. The number of nitrogens with one attached hydrogen (secondary N) is 1. The minimum absolute atomic E-state index is 0.152. The molecule has 1 N–H and O–H groups in total. The quantitative estimate of drug-likeness (QED) is 0.934. The van der Waals surface area contributed by atoms with Crippen LogP contribution >= 0.6 is 23.2 Å². The van der Waals surface area contributed by atoms with Crippen molar-refractivity contribution >= 4 is 23.2 Å². The highest BCUT2D eigenvalue weighted by Gasteiger charge is 2.20. The molecule has 1 aromatic heterocycles. The van der Waals surface area contributed by atoms with E-state index in [-0.39, 0.29) is 6.04 Å². The number of halogens is 2. The van der Waals surface area contributed by atoms with Gasteiger partial charge in [0.25, 0.3) is 0 Å². The van der Waals surface area contributed by atoms with Crippen LogP contribution in [0, 0.1) is 0 Å². The van der Waals surface area contributed by atoms with E-state index in [1.807, 2.05) is 31.3 Å². The van der Waals surface area contributed by atoms with E-state index in [0.29, 0.717) is 15.8 Å². The number of hydrogen-bond acceptors (Lipinski definition) is 3. The van der Waals surface area contributed by atoms with Crippen molar-refractivity contribution in [3.63, 3.8) is 0 Å². The maximum atomic E-state index is 6.26. The maximum Gasteiger partial charge on any atom is 0.142 e. The van der Waals surface area contributed by atoms with Gasteiger partial charge in [0.15, 0.2) is 0 Å². The third-order valence-electron chi connectivity index (χ3n) is 2.86. The Bertz CT molecular complexity index is 575. The summed E-state index contributed by atoms with van der Waals surface area (Å²) >= 11 is 12.2. The van der Waals surface area contributed by atoms with Gasteiger partial charge in [-0.05, 0) is 36.9 Å². The predicted octanol–water partition coefficient (Wildman–Crippen LogP) is 3.71. The number of pyridine rings is 1. The Hall–Kier alpha value is -1.29. The number of nitrogens with zero attached hydrogens (tertiary/aromatic N) is 1. The van der Waals surface area contributed by atoms with Crippen molar-refractivity contribution in [1.29, 1.82) is 0 Å². The fraction of sp³-hybridized carbons (Fsp3) is 0.214. The van der Waals surface area contributed by atoms with Gasteiger partial charge in [0.05, 0.1) is 13.2 Å². The molecule has 0 amide bonds. The standard InChI is InChI=1S/C14H14Cl2N2O/c1-17-13(10-6-5-9(15)8-11(10)16)14-12(19-2)4-3-7-18-14/h3-8,13,17H,1-2H3. The Labute approximate surface area is 122 Å². The number of aromatic nitrogens is 1. The Morgan fingerprint density at radius 3 is 2.68 bits per heavy atom. The molecule has 1 atom stereocenters. The number of rotatable bonds is 4. The van der Waals surface area contributed by atoms with E-state index in [1.165, 1.54) is 0 Å². The molecule has 1 aromatic carbocycles. The first-order chi connectivity index (χ1) is 9.17. The number of methoxy groups -OCH3 is 1. The Balaban J connectivity index is 2.50. The first kappa shape index (κ1) is 14.1. The maximum absolute atomic E-state index is 6.26. The summed E-state index contributed by atoms with van der Waals surface area (Å²) in [4.78, 5) is 4.38. The van der Waals surface area contributed by atoms with Crippen LogP contribution in [0.5, 0.6) is 5.75 Å². The van der Waals surface area contributed by atoms with E-state index in [9.17, 15) is 0 Å². The zero-order chi connectivity index (χ0) is 13.8. The zero-order valence-corrected chi connectivity index (χ0v) is 12.2. The summed E-state index contributed by atoms with van der Waals surface area (Å²) in [6.07, 6.45) is 1.73. The topological polar surface area (TPSA) is 34.2 Å². The van der Waals surface area contributed by atoms with Crippen LogP contribution in [0.1, 0.15) is 17.3 Å². The van der Waals surface area contributed by atoms with Crippen LogP contribution < -0.4 is 10.1 Å². The molecule has 0 fully saturated rings. The molecule has 0 aliphatic carbocycles. The van der Waals surface area contributed by atoms with Gasteiger partial charge in [-0.1, -0.05) is 29.3 Å². The molecule has 0 bridgehead atoms. The fourth-order valence-corrected chi connectivity index (χ4v) is 2.48. The van der Waals surface area contributed by atoms with Crippen LogP contribution in [-0.4, -0.2) is 19.1 Å². The average Bonchev–Trinajstić information content (AvgIpc) is 2.42. The smallest absolute Gasteiger partial charge is 0.142 e. The number of hydrogen-bond donors (Lipinski definition) is 1. The molecule has 1 unspecified atom stereocenters. The summed E-state index contributed by atoms with van der Waals surface area (Å²) in [6.45, 7) is 0. The van der Waals surface area contributed by atoms with Crippen LogP contribution in [0.2, 0.25) is 10.0 Å². The van der Waals surface area contributed by atoms with Gasteiger partial charge in [-0.2, -0.15) is 0 Å². The average molecular weight is 297 g/mol. The molecule has 0 radical (unpaired) electrons. The lowest BCUT2D eigenvalue weighted by molar-refractivity contribution is 0.401. The Kier molecular flexibility index (Phi) is 4.64. The summed E-state index contributed by atoms with van der Waals surface area (Å²) < 4.78 is 5.34. The predicted molar refractivity (Wildman–Crippen MR) is 78.2 cm³/mol. The van der Waals surface area contributed by atoms with E-state index in [4.69, 9.17) is 27.9 Å². The molecule has 2 rings (SSSR count). The summed E-state index contributed by atoms with van der Waals surface area (Å²) in [6, 6.07) is 8.97. The van der Waals surface area contributed by atoms with Gasteiger partial charge in [-0.25, -0.2) is 0 Å². The summed E-state index contributed by atoms with van der Waals surface area (Å²) in [5.74, 6) is 0.716. The van der Waals surface area contributed by atoms with Crippen LogP contribution in [0.25, 0.3) is 0 Å². The van der Waals surface area contributed by atoms with Crippen molar-refractivity contribution < 1.29 is 4.74 Å². The van der Waals surface area contributed by atoms with E-state index in [0.717, 1.165) is 11.3 Å². The molecule has 5 heteroatoms. The molecule has 0 saturated heterocycles. The Morgan fingerprint density at radius 1 is 1.26 bits per heavy atom. The number of benzene rings is 1. The molecular formula is C14H14Cl2N2O. The summed E-state index contributed by atoms with van der Waals surface area (Å²) in [5.41, 5.74) is 1.70. The van der Waals surface area contributed by atoms with E-state index in [2.05, 4.69) is 10.3 Å². The van der Waals surface area contributed by atoms with Gasteiger partial charge in [0, 0.05) is 16.2 Å². The SMILES string of the molecule is CNC(c1ccc(Cl)cc1Cl)c1ncccc1OC. The molecule has 0 saturated carbocycles. The lowest BCUT2D eigenvalue weighted by atomic mass is 10.0. The highest BCUT2D eigenvalue weighted by atomic mass is 35.5. The van der Waals surface area contributed by atoms with Crippen LogP contribution in [-0.2, 0) is 0 Å². The molecule has 3 nitrogen and oxygen atoms in total. The molecule has 2 aromatic rings. The number of ether oxygens (including phenoxy) is 1. The van der Waals surface area contributed by atoms with Crippen molar-refractivity contribution in [2.45, 2.75) is 6.04 Å². The highest BCUT2D eigenvalue weighted by molar-refractivity contribution is 6.35. The second kappa shape index (κ2) is 6.24. The van der Waals surface area contributed by atoms with Crippen molar-refractivity contribution in [3.05, 3.63) is 57.8 Å². The normalized spacial score (nSPS) is 12.2. The van der Waals surface area contributed by atoms with Gasteiger partial charge >= 0.3 is 0 Å². The van der Waals surface area contributed by atoms with Gasteiger partial charge < -0.3 is 10.1 Å². The van der Waals surface area contributed by atoms with E-state index >= 15 is 0 Å². The van der Waals surface area contributed by atoms with Gasteiger partial charge in [0.2, 0.25) is 0 Å². The molecule has 0 aliphatic heterocycles. The summed E-state index contributed by atoms with van der Waals surface area (Å²) in [7, 11) is 3.47. The lowest BCUT2D eigenvalue weighted by Crippen LogP contribution is -2.20. The monoisotopic (exact) mass is 296 g/mol. The molecule has 0 spiro atoms. The highest BCUT2D eigenvalue weighted by Crippen LogP contribution is 2.33. The largest absolute Gasteiger partial charge is 0.495 e. The molecule has 19 heavy (non-hydrogen) atoms.